The van der Waals surface area contributed by atoms with E-state index in [1.165, 1.54) is 44.0 Å². The molecule has 0 amide bonds. The second kappa shape index (κ2) is 8.78. The maximum absolute atomic E-state index is 5.36. The zero-order chi connectivity index (χ0) is 25.8. The van der Waals surface area contributed by atoms with Crippen molar-refractivity contribution in [3.63, 3.8) is 0 Å². The van der Waals surface area contributed by atoms with Crippen LogP contribution in [0.1, 0.15) is 17.5 Å². The molecule has 3 aromatic heterocycles. The third kappa shape index (κ3) is 3.37. The molecule has 4 aromatic carbocycles. The number of fused-ring (bicyclic) bond motifs is 5. The first-order valence-electron chi connectivity index (χ1n) is 13.5. The van der Waals surface area contributed by atoms with Crippen molar-refractivity contribution in [3.8, 4) is 28.2 Å². The highest BCUT2D eigenvalue weighted by Crippen LogP contribution is 2.44. The molecule has 3 heterocycles. The van der Waals surface area contributed by atoms with Gasteiger partial charge in [0, 0.05) is 28.7 Å². The van der Waals surface area contributed by atoms with E-state index in [1.54, 1.807) is 0 Å². The van der Waals surface area contributed by atoms with E-state index < -0.39 is 0 Å². The van der Waals surface area contributed by atoms with Crippen molar-refractivity contribution in [2.75, 3.05) is 0 Å². The van der Waals surface area contributed by atoms with Crippen LogP contribution in [0.4, 0.5) is 0 Å². The molecule has 7 aromatic rings. The van der Waals surface area contributed by atoms with E-state index in [1.807, 2.05) is 12.4 Å². The van der Waals surface area contributed by atoms with Gasteiger partial charge in [0.1, 0.15) is 5.82 Å². The van der Waals surface area contributed by atoms with Gasteiger partial charge in [0.05, 0.1) is 16.7 Å². The smallest absolute Gasteiger partial charge is 0.138 e. The monoisotopic (exact) mass is 499 g/mol. The molecular weight excluding hydrogens is 474 g/mol. The summed E-state index contributed by atoms with van der Waals surface area (Å²) in [6.07, 6.45) is 10.5. The fourth-order valence-electron chi connectivity index (χ4n) is 6.34. The van der Waals surface area contributed by atoms with Gasteiger partial charge in [-0.05, 0) is 70.1 Å². The minimum atomic E-state index is 0.918. The van der Waals surface area contributed by atoms with Gasteiger partial charge in [-0.25, -0.2) is 4.98 Å². The van der Waals surface area contributed by atoms with Crippen molar-refractivity contribution in [1.29, 1.82) is 0 Å². The minimum absolute atomic E-state index is 0.918. The number of hydrogen-bond acceptors (Lipinski definition) is 2. The van der Waals surface area contributed by atoms with Crippen molar-refractivity contribution in [1.82, 2.24) is 14.5 Å². The normalized spacial score (nSPS) is 12.8. The molecule has 3 heteroatoms. The molecule has 0 radical (unpaired) electrons. The van der Waals surface area contributed by atoms with E-state index in [4.69, 9.17) is 4.98 Å². The Bertz CT molecular complexity index is 2010. The molecule has 0 saturated heterocycles. The highest BCUT2D eigenvalue weighted by atomic mass is 15.1. The van der Waals surface area contributed by atoms with Crippen LogP contribution in [0.3, 0.4) is 0 Å². The van der Waals surface area contributed by atoms with Crippen molar-refractivity contribution in [2.24, 2.45) is 0 Å². The lowest BCUT2D eigenvalue weighted by Gasteiger charge is -2.23. The van der Waals surface area contributed by atoms with Crippen LogP contribution in [0.2, 0.25) is 0 Å². The van der Waals surface area contributed by atoms with Gasteiger partial charge in [-0.3, -0.25) is 9.55 Å². The van der Waals surface area contributed by atoms with E-state index in [9.17, 15) is 0 Å². The van der Waals surface area contributed by atoms with Crippen LogP contribution in [-0.4, -0.2) is 14.5 Å². The van der Waals surface area contributed by atoms with Gasteiger partial charge in [-0.2, -0.15) is 0 Å². The summed E-state index contributed by atoms with van der Waals surface area (Å²) in [7, 11) is 0. The number of pyridine rings is 2. The molecule has 0 bridgehead atoms. The molecule has 8 rings (SSSR count). The standard InChI is InChI=1S/C36H25N3/c1-2-11-24(12-3-1)35-26-14-4-6-16-28(26)36(29-17-7-5-15-27(29)35)31-18-10-20-34(38-31)39-32-19-9-8-13-25(32)30-23-37-22-21-33(30)39/h1-6,8-16,18-23H,7,17H2. The third-order valence-electron chi connectivity index (χ3n) is 7.96. The molecule has 0 saturated carbocycles. The maximum atomic E-state index is 5.36. The summed E-state index contributed by atoms with van der Waals surface area (Å²) in [6.45, 7) is 0. The van der Waals surface area contributed by atoms with Gasteiger partial charge in [0.15, 0.2) is 0 Å². The Morgan fingerprint density at radius 2 is 1.36 bits per heavy atom. The van der Waals surface area contributed by atoms with Crippen LogP contribution < -0.4 is 0 Å². The number of benzene rings is 4. The third-order valence-corrected chi connectivity index (χ3v) is 7.96. The summed E-state index contributed by atoms with van der Waals surface area (Å²) in [5, 5.41) is 4.84. The Kier molecular flexibility index (Phi) is 4.95. The number of allylic oxidation sites excluding steroid dienone is 1. The average molecular weight is 500 g/mol. The number of aromatic nitrogens is 3. The lowest BCUT2D eigenvalue weighted by molar-refractivity contribution is 0.988. The Morgan fingerprint density at radius 3 is 2.23 bits per heavy atom. The number of nitrogens with zero attached hydrogens (tertiary/aromatic N) is 3. The van der Waals surface area contributed by atoms with Crippen LogP contribution in [0.5, 0.6) is 0 Å². The summed E-state index contributed by atoms with van der Waals surface area (Å²) < 4.78 is 2.27. The summed E-state index contributed by atoms with van der Waals surface area (Å²) in [4.78, 5) is 9.78. The van der Waals surface area contributed by atoms with Crippen LogP contribution in [0.25, 0.3) is 66.9 Å². The minimum Gasteiger partial charge on any atom is -0.294 e. The quantitative estimate of drug-likeness (QED) is 0.243. The first-order valence-corrected chi connectivity index (χ1v) is 13.5. The van der Waals surface area contributed by atoms with E-state index in [0.29, 0.717) is 0 Å². The molecule has 1 aliphatic carbocycles. The fourth-order valence-corrected chi connectivity index (χ4v) is 6.34. The number of rotatable bonds is 3. The highest BCUT2D eigenvalue weighted by molar-refractivity contribution is 6.10. The molecular formula is C36H25N3. The zero-order valence-corrected chi connectivity index (χ0v) is 21.4. The van der Waals surface area contributed by atoms with Crippen LogP contribution >= 0.6 is 0 Å². The van der Waals surface area contributed by atoms with Crippen molar-refractivity contribution in [2.45, 2.75) is 12.8 Å². The predicted molar refractivity (Wildman–Crippen MR) is 162 cm³/mol. The molecule has 3 nitrogen and oxygen atoms in total. The largest absolute Gasteiger partial charge is 0.294 e. The van der Waals surface area contributed by atoms with Crippen molar-refractivity contribution < 1.29 is 0 Å². The average Bonchev–Trinajstić information content (AvgIpc) is 3.35. The lowest BCUT2D eigenvalue weighted by atomic mass is 9.81. The topological polar surface area (TPSA) is 30.7 Å². The molecule has 0 atom stereocenters. The van der Waals surface area contributed by atoms with Gasteiger partial charge in [-0.1, -0.05) is 91.0 Å². The maximum Gasteiger partial charge on any atom is 0.138 e. The van der Waals surface area contributed by atoms with Gasteiger partial charge in [0.25, 0.3) is 0 Å². The zero-order valence-electron chi connectivity index (χ0n) is 21.4. The first kappa shape index (κ1) is 22.0. The molecule has 1 aliphatic rings. The van der Waals surface area contributed by atoms with Crippen LogP contribution in [0.15, 0.2) is 122 Å². The molecule has 0 spiro atoms. The van der Waals surface area contributed by atoms with Crippen molar-refractivity contribution in [3.05, 3.63) is 133 Å². The summed E-state index contributed by atoms with van der Waals surface area (Å²) >= 11 is 0. The second-order valence-corrected chi connectivity index (χ2v) is 10.1. The fraction of sp³-hybridized carbons (Fsp3) is 0.0556. The first-order chi connectivity index (χ1) is 19.4. The van der Waals surface area contributed by atoms with E-state index in [-0.39, 0.29) is 0 Å². The Balaban J connectivity index is 1.43. The van der Waals surface area contributed by atoms with Crippen molar-refractivity contribution >= 4 is 38.7 Å². The van der Waals surface area contributed by atoms with E-state index >= 15 is 0 Å². The number of hydrogen-bond donors (Lipinski definition) is 0. The summed E-state index contributed by atoms with van der Waals surface area (Å²) in [6, 6.07) is 36.6. The van der Waals surface area contributed by atoms with Gasteiger partial charge < -0.3 is 0 Å². The summed E-state index contributed by atoms with van der Waals surface area (Å²) in [5.41, 5.74) is 9.77. The molecule has 39 heavy (non-hydrogen) atoms. The van der Waals surface area contributed by atoms with Gasteiger partial charge in [-0.15, -0.1) is 0 Å². The lowest BCUT2D eigenvalue weighted by Crippen LogP contribution is -2.04. The number of para-hydroxylation sites is 1. The molecule has 184 valence electrons. The van der Waals surface area contributed by atoms with Gasteiger partial charge in [0.2, 0.25) is 0 Å². The van der Waals surface area contributed by atoms with Crippen LogP contribution in [-0.2, 0) is 6.42 Å². The van der Waals surface area contributed by atoms with Crippen LogP contribution in [0, 0.1) is 0 Å². The SMILES string of the molecule is C1=Cc2c(c(-c3cccc(-n4c5ccccc5c5cnccc54)n3)c3ccccc3c2-c2ccccc2)CC1. The second-order valence-electron chi connectivity index (χ2n) is 10.1. The van der Waals surface area contributed by atoms with E-state index in [2.05, 4.69) is 125 Å². The summed E-state index contributed by atoms with van der Waals surface area (Å²) in [5.74, 6) is 0.918. The van der Waals surface area contributed by atoms with E-state index in [0.717, 1.165) is 40.8 Å². The van der Waals surface area contributed by atoms with Gasteiger partial charge >= 0.3 is 0 Å². The highest BCUT2D eigenvalue weighted by Gasteiger charge is 2.22. The Labute approximate surface area is 226 Å². The molecule has 0 fully saturated rings. The molecule has 0 aliphatic heterocycles. The Morgan fingerprint density at radius 1 is 0.615 bits per heavy atom. The Hall–Kier alpha value is -5.02. The molecule has 0 N–H and O–H groups in total. The predicted octanol–water partition coefficient (Wildman–Crippen LogP) is 9.02. The molecule has 0 unspecified atom stereocenters.